The summed E-state index contributed by atoms with van der Waals surface area (Å²) in [6, 6.07) is 6.14. The summed E-state index contributed by atoms with van der Waals surface area (Å²) in [5, 5.41) is 9.01. The van der Waals surface area contributed by atoms with Gasteiger partial charge in [0, 0.05) is 30.4 Å². The van der Waals surface area contributed by atoms with E-state index in [-0.39, 0.29) is 12.1 Å². The lowest BCUT2D eigenvalue weighted by atomic mass is 10.1. The lowest BCUT2D eigenvalue weighted by molar-refractivity contribution is 0.494. The van der Waals surface area contributed by atoms with E-state index in [1.165, 1.54) is 5.56 Å². The minimum atomic E-state index is 0.185. The van der Waals surface area contributed by atoms with Crippen molar-refractivity contribution in [3.05, 3.63) is 51.8 Å². The second-order valence-corrected chi connectivity index (χ2v) is 5.73. The van der Waals surface area contributed by atoms with E-state index in [0.29, 0.717) is 10.0 Å². The molecule has 0 radical (unpaired) electrons. The largest absolute Gasteiger partial charge is 0.304 e. The number of rotatable bonds is 5. The molecule has 0 amide bonds. The van der Waals surface area contributed by atoms with Crippen LogP contribution in [-0.4, -0.2) is 9.78 Å². The zero-order valence-electron chi connectivity index (χ0n) is 11.9. The molecule has 2 atom stereocenters. The number of benzene rings is 1. The minimum Gasteiger partial charge on any atom is -0.304 e. The number of nitrogens with one attached hydrogen (secondary N) is 1. The molecule has 1 aromatic heterocycles. The van der Waals surface area contributed by atoms with Gasteiger partial charge in [0.2, 0.25) is 0 Å². The Bertz CT molecular complexity index is 580. The van der Waals surface area contributed by atoms with Crippen molar-refractivity contribution in [3.63, 3.8) is 0 Å². The molecule has 1 N–H and O–H groups in total. The van der Waals surface area contributed by atoms with Gasteiger partial charge < -0.3 is 5.32 Å². The van der Waals surface area contributed by atoms with E-state index in [2.05, 4.69) is 37.4 Å². The van der Waals surface area contributed by atoms with Crippen molar-refractivity contribution in [3.8, 4) is 0 Å². The number of aromatic nitrogens is 2. The van der Waals surface area contributed by atoms with E-state index >= 15 is 0 Å². The second-order valence-electron chi connectivity index (χ2n) is 4.91. The fourth-order valence-electron chi connectivity index (χ4n) is 2.13. The Morgan fingerprint density at radius 2 is 1.85 bits per heavy atom. The maximum absolute atomic E-state index is 6.06. The highest BCUT2D eigenvalue weighted by atomic mass is 35.5. The Balaban J connectivity index is 2.06. The lowest BCUT2D eigenvalue weighted by Crippen LogP contribution is -2.22. The van der Waals surface area contributed by atoms with Gasteiger partial charge in [0.1, 0.15) is 0 Å². The summed E-state index contributed by atoms with van der Waals surface area (Å²) >= 11 is 12.0. The third-order valence-electron chi connectivity index (χ3n) is 3.42. The standard InChI is InChI=1S/C15H19Cl2N3/c1-4-20-9-13(8-18-20)11(3)19-10(2)12-5-6-14(16)15(17)7-12/h5-11,19H,4H2,1-3H3. The van der Waals surface area contributed by atoms with Gasteiger partial charge in [-0.2, -0.15) is 5.10 Å². The quantitative estimate of drug-likeness (QED) is 0.873. The first-order chi connectivity index (χ1) is 9.51. The van der Waals surface area contributed by atoms with Crippen molar-refractivity contribution in [2.45, 2.75) is 39.4 Å². The molecule has 3 nitrogen and oxygen atoms in total. The molecule has 2 rings (SSSR count). The molecular formula is C15H19Cl2N3. The molecule has 0 saturated carbocycles. The predicted molar refractivity (Wildman–Crippen MR) is 84.3 cm³/mol. The molecule has 0 aliphatic heterocycles. The van der Waals surface area contributed by atoms with Crippen LogP contribution in [0.15, 0.2) is 30.6 Å². The van der Waals surface area contributed by atoms with E-state index < -0.39 is 0 Å². The number of aryl methyl sites for hydroxylation is 1. The smallest absolute Gasteiger partial charge is 0.0595 e. The molecule has 1 heterocycles. The van der Waals surface area contributed by atoms with Gasteiger partial charge in [0.05, 0.1) is 16.2 Å². The Hall–Kier alpha value is -1.03. The molecule has 0 bridgehead atoms. The molecule has 0 aliphatic rings. The normalized spacial score (nSPS) is 14.2. The summed E-state index contributed by atoms with van der Waals surface area (Å²) in [4.78, 5) is 0. The number of hydrogen-bond donors (Lipinski definition) is 1. The van der Waals surface area contributed by atoms with Crippen molar-refractivity contribution < 1.29 is 0 Å². The van der Waals surface area contributed by atoms with Gasteiger partial charge in [-0.25, -0.2) is 0 Å². The summed E-state index contributed by atoms with van der Waals surface area (Å²) in [6.45, 7) is 7.20. The van der Waals surface area contributed by atoms with Crippen LogP contribution in [0.2, 0.25) is 10.0 Å². The van der Waals surface area contributed by atoms with Crippen molar-refractivity contribution >= 4 is 23.2 Å². The Labute approximate surface area is 129 Å². The molecule has 0 aliphatic carbocycles. The van der Waals surface area contributed by atoms with Crippen LogP contribution in [0.25, 0.3) is 0 Å². The van der Waals surface area contributed by atoms with Gasteiger partial charge in [0.25, 0.3) is 0 Å². The van der Waals surface area contributed by atoms with Gasteiger partial charge in [-0.05, 0) is 38.5 Å². The average molecular weight is 312 g/mol. The van der Waals surface area contributed by atoms with Gasteiger partial charge in [-0.15, -0.1) is 0 Å². The molecule has 5 heteroatoms. The highest BCUT2D eigenvalue weighted by Crippen LogP contribution is 2.26. The Morgan fingerprint density at radius 1 is 1.15 bits per heavy atom. The first kappa shape index (κ1) is 15.4. The van der Waals surface area contributed by atoms with E-state index in [9.17, 15) is 0 Å². The summed E-state index contributed by atoms with van der Waals surface area (Å²) in [6.07, 6.45) is 3.97. The average Bonchev–Trinajstić information content (AvgIpc) is 2.90. The molecular weight excluding hydrogens is 293 g/mol. The van der Waals surface area contributed by atoms with Gasteiger partial charge in [0.15, 0.2) is 0 Å². The first-order valence-electron chi connectivity index (χ1n) is 6.74. The summed E-state index contributed by atoms with van der Waals surface area (Å²) in [7, 11) is 0. The third kappa shape index (κ3) is 3.54. The molecule has 108 valence electrons. The fourth-order valence-corrected chi connectivity index (χ4v) is 2.43. The number of nitrogens with zero attached hydrogens (tertiary/aromatic N) is 2. The van der Waals surface area contributed by atoms with Gasteiger partial charge in [-0.1, -0.05) is 29.3 Å². The Morgan fingerprint density at radius 3 is 2.45 bits per heavy atom. The third-order valence-corrected chi connectivity index (χ3v) is 4.16. The highest BCUT2D eigenvalue weighted by molar-refractivity contribution is 6.42. The van der Waals surface area contributed by atoms with Crippen LogP contribution in [-0.2, 0) is 6.54 Å². The number of halogens is 2. The molecule has 1 aromatic carbocycles. The molecule has 2 unspecified atom stereocenters. The molecule has 0 fully saturated rings. The van der Waals surface area contributed by atoms with Crippen molar-refractivity contribution in [1.29, 1.82) is 0 Å². The second kappa shape index (κ2) is 6.61. The van der Waals surface area contributed by atoms with E-state index in [0.717, 1.165) is 12.1 Å². The molecule has 0 saturated heterocycles. The summed E-state index contributed by atoms with van der Waals surface area (Å²) in [5.74, 6) is 0. The fraction of sp³-hybridized carbons (Fsp3) is 0.400. The van der Waals surface area contributed by atoms with Crippen LogP contribution in [0.5, 0.6) is 0 Å². The van der Waals surface area contributed by atoms with Crippen LogP contribution in [0.4, 0.5) is 0 Å². The molecule has 2 aromatic rings. The van der Waals surface area contributed by atoms with Crippen molar-refractivity contribution in [2.75, 3.05) is 0 Å². The van der Waals surface area contributed by atoms with Crippen molar-refractivity contribution in [2.24, 2.45) is 0 Å². The molecule has 20 heavy (non-hydrogen) atoms. The zero-order valence-corrected chi connectivity index (χ0v) is 13.4. The first-order valence-corrected chi connectivity index (χ1v) is 7.50. The highest BCUT2D eigenvalue weighted by Gasteiger charge is 2.13. The van der Waals surface area contributed by atoms with Crippen LogP contribution in [0.1, 0.15) is 44.0 Å². The SMILES string of the molecule is CCn1cc(C(C)NC(C)c2ccc(Cl)c(Cl)c2)cn1. The van der Waals surface area contributed by atoms with Crippen LogP contribution in [0, 0.1) is 0 Å². The van der Waals surface area contributed by atoms with Crippen LogP contribution >= 0.6 is 23.2 Å². The minimum absolute atomic E-state index is 0.185. The van der Waals surface area contributed by atoms with Crippen LogP contribution in [0.3, 0.4) is 0 Å². The maximum Gasteiger partial charge on any atom is 0.0595 e. The van der Waals surface area contributed by atoms with Gasteiger partial charge >= 0.3 is 0 Å². The van der Waals surface area contributed by atoms with E-state index in [1.54, 1.807) is 0 Å². The van der Waals surface area contributed by atoms with E-state index in [1.807, 2.05) is 29.1 Å². The lowest BCUT2D eigenvalue weighted by Gasteiger charge is -2.20. The van der Waals surface area contributed by atoms with Crippen molar-refractivity contribution in [1.82, 2.24) is 15.1 Å². The topological polar surface area (TPSA) is 29.9 Å². The zero-order chi connectivity index (χ0) is 14.7. The van der Waals surface area contributed by atoms with Crippen LogP contribution < -0.4 is 5.32 Å². The summed E-state index contributed by atoms with van der Waals surface area (Å²) in [5.41, 5.74) is 2.30. The van der Waals surface area contributed by atoms with Gasteiger partial charge in [-0.3, -0.25) is 4.68 Å². The van der Waals surface area contributed by atoms with E-state index in [4.69, 9.17) is 23.2 Å². The maximum atomic E-state index is 6.06. The molecule has 0 spiro atoms. The Kier molecular flexibility index (Phi) is 5.08. The monoisotopic (exact) mass is 311 g/mol. The number of hydrogen-bond acceptors (Lipinski definition) is 2. The summed E-state index contributed by atoms with van der Waals surface area (Å²) < 4.78 is 1.93. The predicted octanol–water partition coefficient (Wildman–Crippen LogP) is 4.62.